The van der Waals surface area contributed by atoms with E-state index < -0.39 is 42.5 Å². The van der Waals surface area contributed by atoms with Gasteiger partial charge in [-0.3, -0.25) is 19.4 Å². The van der Waals surface area contributed by atoms with Crippen molar-refractivity contribution in [1.82, 2.24) is 24.7 Å². The zero-order valence-electron chi connectivity index (χ0n) is 19.1. The van der Waals surface area contributed by atoms with Crippen LogP contribution < -0.4 is 0 Å². The molecule has 0 aromatic carbocycles. The second-order valence-corrected chi connectivity index (χ2v) is 8.93. The molecule has 0 bridgehead atoms. The number of carbonyl (C=O) groups is 4. The predicted molar refractivity (Wildman–Crippen MR) is 108 cm³/mol. The highest BCUT2D eigenvalue weighted by atomic mass is 19.4. The fourth-order valence-corrected chi connectivity index (χ4v) is 3.38. The molecule has 0 saturated carbocycles. The third kappa shape index (κ3) is 8.03. The standard InChI is InChI=1S/C19H30F3N5O6/c1-18(2,3)32-16(30)26-8-5-23(4)14(11-26)15(29)27(13-28)33-17(31)25-9-6-24(7-10-25)12-19(20,21)22/h13-14H,5-12H2,1-4H3. The molecule has 33 heavy (non-hydrogen) atoms. The van der Waals surface area contributed by atoms with Gasteiger partial charge in [-0.15, -0.1) is 5.06 Å². The highest BCUT2D eigenvalue weighted by Gasteiger charge is 2.39. The first-order valence-corrected chi connectivity index (χ1v) is 10.4. The summed E-state index contributed by atoms with van der Waals surface area (Å²) in [6.45, 7) is 4.42. The molecule has 2 saturated heterocycles. The van der Waals surface area contributed by atoms with Gasteiger partial charge in [0.15, 0.2) is 0 Å². The number of halogens is 3. The molecule has 11 nitrogen and oxygen atoms in total. The van der Waals surface area contributed by atoms with Gasteiger partial charge in [0, 0.05) is 45.8 Å². The fourth-order valence-electron chi connectivity index (χ4n) is 3.38. The molecular formula is C19H30F3N5O6. The molecule has 4 amide bonds. The van der Waals surface area contributed by atoms with Crippen molar-refractivity contribution in [2.24, 2.45) is 0 Å². The quantitative estimate of drug-likeness (QED) is 0.430. The van der Waals surface area contributed by atoms with E-state index in [-0.39, 0.29) is 44.2 Å². The van der Waals surface area contributed by atoms with Crippen LogP contribution in [-0.2, 0) is 19.2 Å². The van der Waals surface area contributed by atoms with Gasteiger partial charge in [0.05, 0.1) is 6.54 Å². The predicted octanol–water partition coefficient (Wildman–Crippen LogP) is 0.754. The normalized spacial score (nSPS) is 20.9. The van der Waals surface area contributed by atoms with E-state index in [0.29, 0.717) is 13.1 Å². The lowest BCUT2D eigenvalue weighted by molar-refractivity contribution is -0.179. The Hall–Kier alpha value is -2.61. The van der Waals surface area contributed by atoms with Gasteiger partial charge in [0.2, 0.25) is 0 Å². The Morgan fingerprint density at radius 1 is 0.970 bits per heavy atom. The lowest BCUT2D eigenvalue weighted by atomic mass is 10.1. The van der Waals surface area contributed by atoms with Gasteiger partial charge >= 0.3 is 18.4 Å². The van der Waals surface area contributed by atoms with Crippen LogP contribution in [0.25, 0.3) is 0 Å². The third-order valence-electron chi connectivity index (χ3n) is 5.11. The van der Waals surface area contributed by atoms with Gasteiger partial charge in [0.1, 0.15) is 11.6 Å². The van der Waals surface area contributed by atoms with E-state index in [1.807, 2.05) is 0 Å². The van der Waals surface area contributed by atoms with Crippen molar-refractivity contribution in [3.8, 4) is 0 Å². The number of piperazine rings is 2. The summed E-state index contributed by atoms with van der Waals surface area (Å²) in [6.07, 6.45) is -5.94. The maximum absolute atomic E-state index is 12.9. The van der Waals surface area contributed by atoms with Gasteiger partial charge in [-0.1, -0.05) is 0 Å². The first kappa shape index (κ1) is 26.6. The van der Waals surface area contributed by atoms with Gasteiger partial charge < -0.3 is 19.4 Å². The third-order valence-corrected chi connectivity index (χ3v) is 5.11. The Morgan fingerprint density at radius 2 is 1.55 bits per heavy atom. The van der Waals surface area contributed by atoms with Crippen LogP contribution in [0.15, 0.2) is 0 Å². The van der Waals surface area contributed by atoms with Crippen molar-refractivity contribution in [3.63, 3.8) is 0 Å². The summed E-state index contributed by atoms with van der Waals surface area (Å²) in [4.78, 5) is 59.2. The molecule has 2 aliphatic heterocycles. The summed E-state index contributed by atoms with van der Waals surface area (Å²) < 4.78 is 42.8. The van der Waals surface area contributed by atoms with Crippen molar-refractivity contribution in [1.29, 1.82) is 0 Å². The molecule has 1 unspecified atom stereocenters. The van der Waals surface area contributed by atoms with E-state index in [1.165, 1.54) is 4.90 Å². The molecule has 1 atom stereocenters. The number of carbonyl (C=O) groups excluding carboxylic acids is 4. The Morgan fingerprint density at radius 3 is 2.06 bits per heavy atom. The van der Waals surface area contributed by atoms with E-state index in [2.05, 4.69) is 0 Å². The molecule has 0 N–H and O–H groups in total. The second kappa shape index (κ2) is 10.5. The minimum Gasteiger partial charge on any atom is -0.444 e. The smallest absolute Gasteiger partial charge is 0.434 e. The largest absolute Gasteiger partial charge is 0.444 e. The Balaban J connectivity index is 1.94. The van der Waals surface area contributed by atoms with Crippen LogP contribution in [0.5, 0.6) is 0 Å². The molecular weight excluding hydrogens is 451 g/mol. The minimum absolute atomic E-state index is 0.0279. The van der Waals surface area contributed by atoms with E-state index in [9.17, 15) is 32.3 Å². The van der Waals surface area contributed by atoms with Crippen LogP contribution in [-0.4, -0.2) is 126 Å². The average molecular weight is 481 g/mol. The van der Waals surface area contributed by atoms with Gasteiger partial charge in [-0.2, -0.15) is 13.2 Å². The van der Waals surface area contributed by atoms with E-state index in [1.54, 1.807) is 32.7 Å². The molecule has 0 radical (unpaired) electrons. The minimum atomic E-state index is -4.34. The first-order chi connectivity index (χ1) is 15.2. The molecule has 188 valence electrons. The number of hydrogen-bond acceptors (Lipinski definition) is 8. The number of alkyl halides is 3. The highest BCUT2D eigenvalue weighted by Crippen LogP contribution is 2.18. The summed E-state index contributed by atoms with van der Waals surface area (Å²) in [7, 11) is 1.62. The number of imide groups is 1. The maximum Gasteiger partial charge on any atom is 0.434 e. The van der Waals surface area contributed by atoms with Crippen LogP contribution in [0.4, 0.5) is 22.8 Å². The van der Waals surface area contributed by atoms with Gasteiger partial charge in [-0.25, -0.2) is 9.59 Å². The topological polar surface area (TPSA) is 103 Å². The summed E-state index contributed by atoms with van der Waals surface area (Å²) >= 11 is 0. The monoisotopic (exact) mass is 481 g/mol. The number of nitrogens with zero attached hydrogens (tertiary/aromatic N) is 5. The molecule has 0 aromatic heterocycles. The summed E-state index contributed by atoms with van der Waals surface area (Å²) in [6, 6.07) is -0.965. The Labute approximate surface area is 189 Å². The Bertz CT molecular complexity index is 736. The van der Waals surface area contributed by atoms with Crippen molar-refractivity contribution < 1.29 is 41.9 Å². The van der Waals surface area contributed by atoms with Crippen molar-refractivity contribution in [3.05, 3.63) is 0 Å². The van der Waals surface area contributed by atoms with Crippen LogP contribution in [0.2, 0.25) is 0 Å². The SMILES string of the molecule is CN1CCN(C(=O)OC(C)(C)C)CC1C(=O)N(C=O)OC(=O)N1CCN(CC(F)(F)F)CC1. The zero-order valence-corrected chi connectivity index (χ0v) is 19.1. The number of hydroxylamine groups is 2. The average Bonchev–Trinajstić information content (AvgIpc) is 2.69. The molecule has 2 rings (SSSR count). The van der Waals surface area contributed by atoms with Gasteiger partial charge in [0.25, 0.3) is 12.3 Å². The van der Waals surface area contributed by atoms with E-state index in [0.717, 1.165) is 9.80 Å². The molecule has 2 heterocycles. The highest BCUT2D eigenvalue weighted by molar-refractivity contribution is 5.91. The number of likely N-dealkylation sites (N-methyl/N-ethyl adjacent to an activating group) is 1. The van der Waals surface area contributed by atoms with Crippen LogP contribution in [0, 0.1) is 0 Å². The summed E-state index contributed by atoms with van der Waals surface area (Å²) in [5, 5.41) is 0.254. The van der Waals surface area contributed by atoms with Crippen LogP contribution in [0.3, 0.4) is 0 Å². The van der Waals surface area contributed by atoms with E-state index in [4.69, 9.17) is 9.57 Å². The van der Waals surface area contributed by atoms with Crippen LogP contribution in [0.1, 0.15) is 20.8 Å². The lowest BCUT2D eigenvalue weighted by Gasteiger charge is -2.39. The maximum atomic E-state index is 12.9. The van der Waals surface area contributed by atoms with Gasteiger partial charge in [-0.05, 0) is 27.8 Å². The fraction of sp³-hybridized carbons (Fsp3) is 0.789. The molecule has 14 heteroatoms. The van der Waals surface area contributed by atoms with Crippen LogP contribution >= 0.6 is 0 Å². The number of hydrogen-bond donors (Lipinski definition) is 0. The number of ether oxygens (including phenoxy) is 1. The second-order valence-electron chi connectivity index (χ2n) is 8.93. The number of amides is 4. The molecule has 0 aliphatic carbocycles. The number of rotatable bonds is 3. The van der Waals surface area contributed by atoms with Crippen molar-refractivity contribution >= 4 is 24.5 Å². The van der Waals surface area contributed by atoms with Crippen molar-refractivity contribution in [2.75, 3.05) is 59.4 Å². The zero-order chi connectivity index (χ0) is 25.0. The van der Waals surface area contributed by atoms with E-state index >= 15 is 0 Å². The lowest BCUT2D eigenvalue weighted by Crippen LogP contribution is -2.60. The molecule has 0 aromatic rings. The first-order valence-electron chi connectivity index (χ1n) is 10.4. The molecule has 2 fully saturated rings. The molecule has 0 spiro atoms. The summed E-state index contributed by atoms with van der Waals surface area (Å²) in [5.41, 5.74) is -0.728. The summed E-state index contributed by atoms with van der Waals surface area (Å²) in [5.74, 6) is -0.857. The Kier molecular flexibility index (Phi) is 8.52. The molecule has 2 aliphatic rings. The van der Waals surface area contributed by atoms with Crippen molar-refractivity contribution in [2.45, 2.75) is 38.6 Å².